The molecule has 4 N–H and O–H groups in total. The van der Waals surface area contributed by atoms with Crippen LogP contribution in [0.15, 0.2) is 6.20 Å². The summed E-state index contributed by atoms with van der Waals surface area (Å²) in [6.07, 6.45) is 6.94. The number of carbonyl (C=O) groups excluding carboxylic acids is 1. The molecule has 6 nitrogen and oxygen atoms in total. The van der Waals surface area contributed by atoms with Crippen molar-refractivity contribution in [2.45, 2.75) is 38.1 Å². The number of hydrogen-bond acceptors (Lipinski definition) is 4. The van der Waals surface area contributed by atoms with Crippen molar-refractivity contribution in [2.24, 2.45) is 0 Å². The van der Waals surface area contributed by atoms with E-state index in [-0.39, 0.29) is 18.6 Å². The van der Waals surface area contributed by atoms with Crippen LogP contribution in [0.2, 0.25) is 0 Å². The summed E-state index contributed by atoms with van der Waals surface area (Å²) in [5.41, 5.74) is 6.39. The van der Waals surface area contributed by atoms with Crippen molar-refractivity contribution >= 4 is 11.6 Å². The molecule has 1 aliphatic rings. The van der Waals surface area contributed by atoms with Crippen molar-refractivity contribution in [2.75, 3.05) is 18.9 Å². The lowest BCUT2D eigenvalue weighted by molar-refractivity contribution is 0.0580. The number of nitrogen functional groups attached to an aromatic ring is 1. The Bertz CT molecular complexity index is 399. The lowest BCUT2D eigenvalue weighted by Gasteiger charge is -2.33. The molecule has 1 aromatic heterocycles. The van der Waals surface area contributed by atoms with Crippen LogP contribution < -0.4 is 5.73 Å². The van der Waals surface area contributed by atoms with Crippen molar-refractivity contribution in [3.05, 3.63) is 11.9 Å². The second-order valence-corrected chi connectivity index (χ2v) is 4.71. The van der Waals surface area contributed by atoms with Gasteiger partial charge in [-0.3, -0.25) is 9.89 Å². The summed E-state index contributed by atoms with van der Waals surface area (Å²) in [5, 5.41) is 15.5. The number of nitrogens with two attached hydrogens (primary N) is 1. The summed E-state index contributed by atoms with van der Waals surface area (Å²) in [5.74, 6) is -0.161. The molecule has 0 radical (unpaired) electrons. The molecule has 0 spiro atoms. The third-order valence-corrected chi connectivity index (χ3v) is 3.50. The van der Waals surface area contributed by atoms with Crippen LogP contribution in [0.3, 0.4) is 0 Å². The van der Waals surface area contributed by atoms with E-state index in [1.165, 1.54) is 12.6 Å². The van der Waals surface area contributed by atoms with Crippen molar-refractivity contribution < 1.29 is 9.90 Å². The van der Waals surface area contributed by atoms with Gasteiger partial charge >= 0.3 is 0 Å². The number of H-pyrrole nitrogens is 1. The highest BCUT2D eigenvalue weighted by Gasteiger charge is 2.27. The fourth-order valence-electron chi connectivity index (χ4n) is 2.56. The lowest BCUT2D eigenvalue weighted by Crippen LogP contribution is -2.43. The second kappa shape index (κ2) is 5.86. The number of aliphatic hydroxyl groups excluding tert-OH is 1. The minimum Gasteiger partial charge on any atom is -0.396 e. The van der Waals surface area contributed by atoms with Gasteiger partial charge in [0.2, 0.25) is 0 Å². The van der Waals surface area contributed by atoms with Crippen molar-refractivity contribution in [3.63, 3.8) is 0 Å². The van der Waals surface area contributed by atoms with Gasteiger partial charge in [-0.2, -0.15) is 5.10 Å². The summed E-state index contributed by atoms with van der Waals surface area (Å²) in [4.78, 5) is 14.1. The third kappa shape index (κ3) is 2.64. The van der Waals surface area contributed by atoms with Gasteiger partial charge in [0.15, 0.2) is 0 Å². The van der Waals surface area contributed by atoms with E-state index < -0.39 is 0 Å². The number of rotatable bonds is 4. The Balaban J connectivity index is 2.13. The summed E-state index contributed by atoms with van der Waals surface area (Å²) in [6, 6.07) is 0.209. The molecule has 100 valence electrons. The molecule has 0 saturated heterocycles. The molecule has 1 aromatic rings. The van der Waals surface area contributed by atoms with Crippen molar-refractivity contribution in [3.8, 4) is 0 Å². The highest BCUT2D eigenvalue weighted by Crippen LogP contribution is 2.24. The van der Waals surface area contributed by atoms with Crippen LogP contribution in [-0.4, -0.2) is 45.3 Å². The van der Waals surface area contributed by atoms with E-state index in [0.29, 0.717) is 17.9 Å². The standard InChI is InChI=1S/C12H20N4O2/c13-10-8-14-15-11(10)12(18)16(6-7-17)9-4-2-1-3-5-9/h8-9,17H,1-7,13H2,(H,14,15). The molecule has 0 unspecified atom stereocenters. The van der Waals surface area contributed by atoms with Crippen LogP contribution in [0.5, 0.6) is 0 Å². The summed E-state index contributed by atoms with van der Waals surface area (Å²) >= 11 is 0. The first kappa shape index (κ1) is 12.9. The van der Waals surface area contributed by atoms with Crippen LogP contribution in [0.4, 0.5) is 5.69 Å². The second-order valence-electron chi connectivity index (χ2n) is 4.71. The number of nitrogens with zero attached hydrogens (tertiary/aromatic N) is 2. The zero-order valence-electron chi connectivity index (χ0n) is 10.4. The first-order valence-electron chi connectivity index (χ1n) is 6.44. The van der Waals surface area contributed by atoms with E-state index in [4.69, 9.17) is 10.8 Å². The average Bonchev–Trinajstić information content (AvgIpc) is 2.82. The molecule has 1 saturated carbocycles. The van der Waals surface area contributed by atoms with E-state index in [1.807, 2.05) is 0 Å². The molecule has 1 amide bonds. The van der Waals surface area contributed by atoms with Crippen molar-refractivity contribution in [1.82, 2.24) is 15.1 Å². The minimum absolute atomic E-state index is 0.0315. The van der Waals surface area contributed by atoms with Crippen LogP contribution in [-0.2, 0) is 0 Å². The fraction of sp³-hybridized carbons (Fsp3) is 0.667. The highest BCUT2D eigenvalue weighted by molar-refractivity contribution is 5.97. The Morgan fingerprint density at radius 3 is 2.78 bits per heavy atom. The predicted molar refractivity (Wildman–Crippen MR) is 68.0 cm³/mol. The molecule has 18 heavy (non-hydrogen) atoms. The Labute approximate surface area is 106 Å². The van der Waals surface area contributed by atoms with Gasteiger partial charge in [-0.15, -0.1) is 0 Å². The van der Waals surface area contributed by atoms with Gasteiger partial charge in [-0.1, -0.05) is 19.3 Å². The van der Waals surface area contributed by atoms with E-state index in [1.54, 1.807) is 4.90 Å². The average molecular weight is 252 g/mol. The highest BCUT2D eigenvalue weighted by atomic mass is 16.3. The molecule has 1 fully saturated rings. The molecule has 2 rings (SSSR count). The molecular formula is C12H20N4O2. The first-order chi connectivity index (χ1) is 8.74. The topological polar surface area (TPSA) is 95.2 Å². The number of aliphatic hydroxyl groups is 1. The molecule has 1 aliphatic carbocycles. The maximum absolute atomic E-state index is 12.4. The van der Waals surface area contributed by atoms with Gasteiger partial charge in [0, 0.05) is 12.6 Å². The fourth-order valence-corrected chi connectivity index (χ4v) is 2.56. The normalized spacial score (nSPS) is 16.7. The van der Waals surface area contributed by atoms with E-state index in [9.17, 15) is 4.79 Å². The largest absolute Gasteiger partial charge is 0.396 e. The molecule has 1 heterocycles. The third-order valence-electron chi connectivity index (χ3n) is 3.50. The zero-order chi connectivity index (χ0) is 13.0. The van der Waals surface area contributed by atoms with Gasteiger partial charge < -0.3 is 15.7 Å². The minimum atomic E-state index is -0.161. The van der Waals surface area contributed by atoms with Crippen LogP contribution in [0.25, 0.3) is 0 Å². The summed E-state index contributed by atoms with van der Waals surface area (Å²) < 4.78 is 0. The Morgan fingerprint density at radius 2 is 2.22 bits per heavy atom. The summed E-state index contributed by atoms with van der Waals surface area (Å²) in [6.45, 7) is 0.318. The maximum atomic E-state index is 12.4. The van der Waals surface area contributed by atoms with Crippen LogP contribution in [0, 0.1) is 0 Å². The Hall–Kier alpha value is -1.56. The molecule has 6 heteroatoms. The molecular weight excluding hydrogens is 232 g/mol. The van der Waals surface area contributed by atoms with Crippen LogP contribution >= 0.6 is 0 Å². The SMILES string of the molecule is Nc1cn[nH]c1C(=O)N(CCO)C1CCCCC1. The number of hydrogen-bond donors (Lipinski definition) is 3. The smallest absolute Gasteiger partial charge is 0.274 e. The van der Waals surface area contributed by atoms with E-state index in [2.05, 4.69) is 10.2 Å². The maximum Gasteiger partial charge on any atom is 0.274 e. The van der Waals surface area contributed by atoms with E-state index in [0.717, 1.165) is 25.7 Å². The monoisotopic (exact) mass is 252 g/mol. The number of carbonyl (C=O) groups is 1. The first-order valence-corrected chi connectivity index (χ1v) is 6.44. The van der Waals surface area contributed by atoms with Crippen LogP contribution in [0.1, 0.15) is 42.6 Å². The molecule has 0 atom stereocenters. The number of nitrogens with one attached hydrogen (secondary N) is 1. The van der Waals surface area contributed by atoms with Gasteiger partial charge in [0.25, 0.3) is 5.91 Å². The van der Waals surface area contributed by atoms with Gasteiger partial charge in [-0.25, -0.2) is 0 Å². The Kier molecular flexibility index (Phi) is 4.19. The zero-order valence-corrected chi connectivity index (χ0v) is 10.4. The summed E-state index contributed by atoms with van der Waals surface area (Å²) in [7, 11) is 0. The number of aromatic nitrogens is 2. The lowest BCUT2D eigenvalue weighted by atomic mass is 9.94. The van der Waals surface area contributed by atoms with Crippen molar-refractivity contribution in [1.29, 1.82) is 0 Å². The number of aromatic amines is 1. The molecule has 0 aromatic carbocycles. The molecule has 0 bridgehead atoms. The quantitative estimate of drug-likeness (QED) is 0.737. The predicted octanol–water partition coefficient (Wildman–Crippen LogP) is 0.759. The van der Waals surface area contributed by atoms with Gasteiger partial charge in [0.05, 0.1) is 18.5 Å². The van der Waals surface area contributed by atoms with E-state index >= 15 is 0 Å². The number of anilines is 1. The number of amides is 1. The molecule has 0 aliphatic heterocycles. The Morgan fingerprint density at radius 1 is 1.50 bits per heavy atom. The van der Waals surface area contributed by atoms with Gasteiger partial charge in [0.1, 0.15) is 5.69 Å². The van der Waals surface area contributed by atoms with Gasteiger partial charge in [-0.05, 0) is 12.8 Å².